The molecule has 1 atom stereocenters. The molecule has 0 N–H and O–H groups in total. The van der Waals surface area contributed by atoms with Crippen molar-refractivity contribution in [1.29, 1.82) is 0 Å². The van der Waals surface area contributed by atoms with E-state index in [2.05, 4.69) is 31.2 Å². The van der Waals surface area contributed by atoms with E-state index in [1.54, 1.807) is 0 Å². The maximum absolute atomic E-state index is 2.33. The van der Waals surface area contributed by atoms with Gasteiger partial charge < -0.3 is 0 Å². The first-order valence-corrected chi connectivity index (χ1v) is 7.02. The summed E-state index contributed by atoms with van der Waals surface area (Å²) in [5, 5.41) is 0. The summed E-state index contributed by atoms with van der Waals surface area (Å²) in [5.74, 6) is 1.08. The van der Waals surface area contributed by atoms with Crippen LogP contribution in [0.1, 0.15) is 30.4 Å². The predicted octanol–water partition coefficient (Wildman–Crippen LogP) is 3.97. The summed E-state index contributed by atoms with van der Waals surface area (Å²) in [4.78, 5) is 0. The van der Waals surface area contributed by atoms with Crippen molar-refractivity contribution in [3.05, 3.63) is 35.4 Å². The van der Waals surface area contributed by atoms with E-state index in [1.807, 2.05) is 0 Å². The predicted molar refractivity (Wildman–Crippen MR) is 65.4 cm³/mol. The molecule has 0 spiro atoms. The van der Waals surface area contributed by atoms with E-state index in [4.69, 9.17) is 0 Å². The summed E-state index contributed by atoms with van der Waals surface area (Å²) in [7, 11) is 1.14. The van der Waals surface area contributed by atoms with Gasteiger partial charge in [0.05, 0.1) is 0 Å². The monoisotopic (exact) mass is 206 g/mol. The van der Waals surface area contributed by atoms with Gasteiger partial charge in [0, 0.05) is 0 Å². The molecule has 1 unspecified atom stereocenters. The first-order valence-electron chi connectivity index (χ1n) is 5.61. The van der Waals surface area contributed by atoms with E-state index in [0.717, 1.165) is 14.5 Å². The third kappa shape index (κ3) is 2.82. The summed E-state index contributed by atoms with van der Waals surface area (Å²) < 4.78 is 0. The molecule has 0 aliphatic heterocycles. The molecule has 1 aliphatic carbocycles. The average Bonchev–Trinajstić information content (AvgIpc) is 2.09. The van der Waals surface area contributed by atoms with Crippen LogP contribution in [-0.4, -0.2) is 6.16 Å². The van der Waals surface area contributed by atoms with E-state index in [1.165, 1.54) is 42.7 Å². The van der Waals surface area contributed by atoms with Crippen LogP contribution in [0.3, 0.4) is 0 Å². The molecule has 1 fully saturated rings. The van der Waals surface area contributed by atoms with Gasteiger partial charge in [0.25, 0.3) is 0 Å². The molecule has 0 radical (unpaired) electrons. The highest BCUT2D eigenvalue weighted by molar-refractivity contribution is 7.37. The third-order valence-corrected chi connectivity index (χ3v) is 4.59. The lowest BCUT2D eigenvalue weighted by Crippen LogP contribution is -2.12. The SMILES string of the molecule is Cc1cccc(CPCC2CCC2)c1. The molecule has 0 bridgehead atoms. The molecule has 2 rings (SSSR count). The van der Waals surface area contributed by atoms with Gasteiger partial charge in [0.1, 0.15) is 0 Å². The topological polar surface area (TPSA) is 0 Å². The second-order valence-electron chi connectivity index (χ2n) is 4.42. The van der Waals surface area contributed by atoms with Crippen molar-refractivity contribution >= 4 is 8.58 Å². The van der Waals surface area contributed by atoms with Crippen molar-refractivity contribution in [2.45, 2.75) is 32.3 Å². The second-order valence-corrected chi connectivity index (χ2v) is 5.68. The lowest BCUT2D eigenvalue weighted by atomic mass is 9.87. The highest BCUT2D eigenvalue weighted by Crippen LogP contribution is 2.33. The summed E-state index contributed by atoms with van der Waals surface area (Å²) in [6, 6.07) is 8.95. The zero-order chi connectivity index (χ0) is 9.80. The number of benzene rings is 1. The van der Waals surface area contributed by atoms with Gasteiger partial charge in [-0.1, -0.05) is 49.1 Å². The summed E-state index contributed by atoms with van der Waals surface area (Å²) in [6.45, 7) is 2.18. The Bertz CT molecular complexity index is 289. The zero-order valence-corrected chi connectivity index (χ0v) is 9.92. The first-order chi connectivity index (χ1) is 6.84. The van der Waals surface area contributed by atoms with Gasteiger partial charge in [-0.05, 0) is 30.7 Å². The molecule has 0 amide bonds. The lowest BCUT2D eigenvalue weighted by molar-refractivity contribution is 0.352. The van der Waals surface area contributed by atoms with Crippen LogP contribution in [0, 0.1) is 12.8 Å². The average molecular weight is 206 g/mol. The molecule has 1 aliphatic rings. The van der Waals surface area contributed by atoms with Crippen LogP contribution in [0.4, 0.5) is 0 Å². The first kappa shape index (κ1) is 10.2. The molecule has 76 valence electrons. The van der Waals surface area contributed by atoms with Gasteiger partial charge >= 0.3 is 0 Å². The summed E-state index contributed by atoms with van der Waals surface area (Å²) >= 11 is 0. The van der Waals surface area contributed by atoms with Gasteiger partial charge in [-0.15, -0.1) is 8.58 Å². The molecule has 0 nitrogen and oxygen atoms in total. The number of aryl methyl sites for hydroxylation is 1. The van der Waals surface area contributed by atoms with E-state index < -0.39 is 0 Å². The zero-order valence-electron chi connectivity index (χ0n) is 8.92. The Morgan fingerprint density at radius 2 is 2.21 bits per heavy atom. The Labute approximate surface area is 88.9 Å². The molecule has 1 aromatic carbocycles. The van der Waals surface area contributed by atoms with Crippen molar-refractivity contribution in [2.24, 2.45) is 5.92 Å². The number of rotatable bonds is 4. The Balaban J connectivity index is 1.74. The van der Waals surface area contributed by atoms with Crippen molar-refractivity contribution in [3.63, 3.8) is 0 Å². The van der Waals surface area contributed by atoms with Crippen LogP contribution in [0.5, 0.6) is 0 Å². The van der Waals surface area contributed by atoms with E-state index in [0.29, 0.717) is 0 Å². The highest BCUT2D eigenvalue weighted by Gasteiger charge is 2.16. The molecule has 1 saturated carbocycles. The molecule has 0 aromatic heterocycles. The molecular formula is C13H19P. The van der Waals surface area contributed by atoms with Gasteiger partial charge in [-0.25, -0.2) is 0 Å². The van der Waals surface area contributed by atoms with Crippen molar-refractivity contribution < 1.29 is 0 Å². The Morgan fingerprint density at radius 3 is 2.86 bits per heavy atom. The van der Waals surface area contributed by atoms with E-state index in [-0.39, 0.29) is 0 Å². The Hall–Kier alpha value is -0.350. The molecule has 1 aromatic rings. The van der Waals surface area contributed by atoms with E-state index >= 15 is 0 Å². The minimum absolute atomic E-state index is 1.08. The smallest absolute Gasteiger partial charge is 0.0100 e. The number of hydrogen-bond acceptors (Lipinski definition) is 0. The minimum atomic E-state index is 1.08. The van der Waals surface area contributed by atoms with Gasteiger partial charge in [-0.2, -0.15) is 0 Å². The molecular weight excluding hydrogens is 187 g/mol. The van der Waals surface area contributed by atoms with Crippen LogP contribution < -0.4 is 0 Å². The van der Waals surface area contributed by atoms with Crippen molar-refractivity contribution in [3.8, 4) is 0 Å². The Kier molecular flexibility index (Phi) is 3.59. The molecule has 14 heavy (non-hydrogen) atoms. The Morgan fingerprint density at radius 1 is 1.36 bits per heavy atom. The standard InChI is InChI=1S/C13H19P/c1-11-4-2-7-13(8-11)10-14-9-12-5-3-6-12/h2,4,7-8,12,14H,3,5-6,9-10H2,1H3. The highest BCUT2D eigenvalue weighted by atomic mass is 31.1. The van der Waals surface area contributed by atoms with Crippen LogP contribution in [0.25, 0.3) is 0 Å². The minimum Gasteiger partial charge on any atom is -0.117 e. The maximum Gasteiger partial charge on any atom is -0.0100 e. The van der Waals surface area contributed by atoms with Gasteiger partial charge in [0.15, 0.2) is 0 Å². The van der Waals surface area contributed by atoms with Crippen LogP contribution in [0.15, 0.2) is 24.3 Å². The normalized spacial score (nSPS) is 17.5. The number of hydrogen-bond donors (Lipinski definition) is 0. The second kappa shape index (κ2) is 4.94. The molecule has 0 heterocycles. The van der Waals surface area contributed by atoms with E-state index in [9.17, 15) is 0 Å². The quantitative estimate of drug-likeness (QED) is 0.654. The lowest BCUT2D eigenvalue weighted by Gasteiger charge is -2.24. The van der Waals surface area contributed by atoms with Crippen molar-refractivity contribution in [1.82, 2.24) is 0 Å². The third-order valence-electron chi connectivity index (χ3n) is 3.07. The fourth-order valence-electron chi connectivity index (χ4n) is 1.94. The fourth-order valence-corrected chi connectivity index (χ4v) is 3.41. The van der Waals surface area contributed by atoms with Gasteiger partial charge in [-0.3, -0.25) is 0 Å². The van der Waals surface area contributed by atoms with Crippen LogP contribution in [-0.2, 0) is 6.16 Å². The molecule has 1 heteroatoms. The summed E-state index contributed by atoms with van der Waals surface area (Å²) in [6.07, 6.45) is 7.27. The van der Waals surface area contributed by atoms with Crippen LogP contribution in [0.2, 0.25) is 0 Å². The fraction of sp³-hybridized carbons (Fsp3) is 0.538. The van der Waals surface area contributed by atoms with Crippen LogP contribution >= 0.6 is 8.58 Å². The van der Waals surface area contributed by atoms with Crippen molar-refractivity contribution in [2.75, 3.05) is 6.16 Å². The largest absolute Gasteiger partial charge is 0.117 e. The molecule has 0 saturated heterocycles. The summed E-state index contributed by atoms with van der Waals surface area (Å²) in [5.41, 5.74) is 2.93. The maximum atomic E-state index is 2.33. The van der Waals surface area contributed by atoms with Gasteiger partial charge in [0.2, 0.25) is 0 Å².